The number of carbonyl (C=O) groups excluding carboxylic acids is 2. The van der Waals surface area contributed by atoms with Gasteiger partial charge in [-0.05, 0) is 30.0 Å². The average Bonchev–Trinajstić information content (AvgIpc) is 3.46. The molecular weight excluding hydrogens is 435 g/mol. The molecule has 0 aliphatic carbocycles. The predicted octanol–water partition coefficient (Wildman–Crippen LogP) is 2.68. The summed E-state index contributed by atoms with van der Waals surface area (Å²) in [5, 5.41) is 4.98. The maximum atomic E-state index is 13.5. The molecule has 0 unspecified atom stereocenters. The van der Waals surface area contributed by atoms with Crippen LogP contribution < -0.4 is 5.32 Å². The lowest BCUT2D eigenvalue weighted by Crippen LogP contribution is -2.34. The second kappa shape index (κ2) is 9.53. The minimum absolute atomic E-state index is 0.0500. The Morgan fingerprint density at radius 3 is 2.88 bits per heavy atom. The van der Waals surface area contributed by atoms with Gasteiger partial charge in [0.15, 0.2) is 5.69 Å². The predicted molar refractivity (Wildman–Crippen MR) is 118 cm³/mol. The Kier molecular flexibility index (Phi) is 6.56. The van der Waals surface area contributed by atoms with Crippen molar-refractivity contribution in [2.75, 3.05) is 38.8 Å². The topological polar surface area (TPSA) is 101 Å². The summed E-state index contributed by atoms with van der Waals surface area (Å²) in [4.78, 5) is 41.6. The third-order valence-corrected chi connectivity index (χ3v) is 6.13. The largest absolute Gasteiger partial charge is 0.384 e. The fraction of sp³-hybridized carbons (Fsp3) is 0.381. The van der Waals surface area contributed by atoms with Gasteiger partial charge in [-0.2, -0.15) is 0 Å². The average molecular weight is 459 g/mol. The van der Waals surface area contributed by atoms with Gasteiger partial charge in [0.25, 0.3) is 5.91 Å². The van der Waals surface area contributed by atoms with Crippen molar-refractivity contribution in [3.05, 3.63) is 47.0 Å². The first-order chi connectivity index (χ1) is 15.5. The number of hydrogen-bond acceptors (Lipinski definition) is 8. The molecule has 1 aliphatic heterocycles. The van der Waals surface area contributed by atoms with E-state index in [-0.39, 0.29) is 42.6 Å². The number of thiophene rings is 1. The number of nitrogens with one attached hydrogen (secondary N) is 1. The number of fused-ring (bicyclic) bond motifs is 1. The van der Waals surface area contributed by atoms with E-state index < -0.39 is 5.82 Å². The normalized spacial score (nSPS) is 14.7. The van der Waals surface area contributed by atoms with Crippen LogP contribution in [0.3, 0.4) is 0 Å². The van der Waals surface area contributed by atoms with Crippen LogP contribution >= 0.6 is 11.3 Å². The maximum Gasteiger partial charge on any atom is 0.275 e. The molecule has 0 radical (unpaired) electrons. The SMILES string of the molecule is COCCC(=O)N1CCN(C(=O)c2nc(N[C@@H](C)c3cncc(F)c3)nc3ccsc23)C1. The van der Waals surface area contributed by atoms with Gasteiger partial charge < -0.3 is 19.9 Å². The number of methoxy groups -OCH3 is 1. The molecule has 1 atom stereocenters. The summed E-state index contributed by atoms with van der Waals surface area (Å²) in [5.41, 5.74) is 1.56. The highest BCUT2D eigenvalue weighted by atomic mass is 32.1. The number of halogens is 1. The molecule has 3 aromatic heterocycles. The van der Waals surface area contributed by atoms with Gasteiger partial charge >= 0.3 is 0 Å². The van der Waals surface area contributed by atoms with Crippen molar-refractivity contribution >= 4 is 39.3 Å². The Bertz CT molecular complexity index is 1140. The molecule has 0 bridgehead atoms. The molecule has 1 saturated heterocycles. The van der Waals surface area contributed by atoms with Gasteiger partial charge in [-0.1, -0.05) is 0 Å². The number of ether oxygens (including phenoxy) is 1. The molecule has 168 valence electrons. The van der Waals surface area contributed by atoms with Crippen LogP contribution in [0.2, 0.25) is 0 Å². The van der Waals surface area contributed by atoms with Crippen molar-refractivity contribution in [2.45, 2.75) is 19.4 Å². The monoisotopic (exact) mass is 458 g/mol. The first kappa shape index (κ1) is 22.0. The Balaban J connectivity index is 1.54. The zero-order valence-corrected chi connectivity index (χ0v) is 18.6. The molecule has 0 aromatic carbocycles. The van der Waals surface area contributed by atoms with Crippen LogP contribution in [0.4, 0.5) is 10.3 Å². The third-order valence-electron chi connectivity index (χ3n) is 5.22. The summed E-state index contributed by atoms with van der Waals surface area (Å²) in [5.74, 6) is -0.473. The molecule has 9 nitrogen and oxygen atoms in total. The van der Waals surface area contributed by atoms with Crippen LogP contribution in [0.1, 0.15) is 35.4 Å². The molecule has 1 N–H and O–H groups in total. The summed E-state index contributed by atoms with van der Waals surface area (Å²) >= 11 is 1.39. The minimum Gasteiger partial charge on any atom is -0.384 e. The summed E-state index contributed by atoms with van der Waals surface area (Å²) in [7, 11) is 1.55. The molecule has 4 heterocycles. The molecule has 0 spiro atoms. The van der Waals surface area contributed by atoms with Crippen molar-refractivity contribution in [3.63, 3.8) is 0 Å². The molecular formula is C21H23FN6O3S. The molecule has 4 rings (SSSR count). The Labute approximate surface area is 188 Å². The van der Waals surface area contributed by atoms with Gasteiger partial charge in [0.2, 0.25) is 11.9 Å². The number of anilines is 1. The molecule has 1 aliphatic rings. The smallest absolute Gasteiger partial charge is 0.275 e. The Morgan fingerprint density at radius 2 is 2.09 bits per heavy atom. The van der Waals surface area contributed by atoms with Gasteiger partial charge in [-0.25, -0.2) is 14.4 Å². The lowest BCUT2D eigenvalue weighted by molar-refractivity contribution is -0.131. The lowest BCUT2D eigenvalue weighted by Gasteiger charge is -2.19. The summed E-state index contributed by atoms with van der Waals surface area (Å²) in [6, 6.07) is 2.89. The van der Waals surface area contributed by atoms with Crippen LogP contribution in [0, 0.1) is 5.82 Å². The molecule has 11 heteroatoms. The molecule has 32 heavy (non-hydrogen) atoms. The minimum atomic E-state index is -0.431. The van der Waals surface area contributed by atoms with Gasteiger partial charge in [-0.15, -0.1) is 11.3 Å². The molecule has 3 aromatic rings. The maximum absolute atomic E-state index is 13.5. The van der Waals surface area contributed by atoms with Gasteiger partial charge in [-0.3, -0.25) is 14.6 Å². The standard InChI is InChI=1S/C21H23FN6O3S/c1-13(14-9-15(22)11-23-10-14)24-21-25-16-4-8-32-19(16)18(26-21)20(30)28-6-5-27(12-28)17(29)3-7-31-2/h4,8-11,13H,3,5-7,12H2,1-2H3,(H,24,25,26)/t13-/m0/s1. The number of hydrogen-bond donors (Lipinski definition) is 1. The fourth-order valence-corrected chi connectivity index (χ4v) is 4.28. The van der Waals surface area contributed by atoms with E-state index in [1.54, 1.807) is 23.1 Å². The molecule has 1 fully saturated rings. The van der Waals surface area contributed by atoms with Crippen LogP contribution in [0.25, 0.3) is 10.2 Å². The highest BCUT2D eigenvalue weighted by Crippen LogP contribution is 2.27. The number of carbonyl (C=O) groups is 2. The van der Waals surface area contributed by atoms with Gasteiger partial charge in [0.05, 0.1) is 42.2 Å². The van der Waals surface area contributed by atoms with E-state index in [4.69, 9.17) is 4.74 Å². The number of pyridine rings is 1. The van der Waals surface area contributed by atoms with Crippen molar-refractivity contribution in [1.82, 2.24) is 24.8 Å². The highest BCUT2D eigenvalue weighted by molar-refractivity contribution is 7.17. The fourth-order valence-electron chi connectivity index (χ4n) is 3.47. The Morgan fingerprint density at radius 1 is 1.28 bits per heavy atom. The van der Waals surface area contributed by atoms with E-state index >= 15 is 0 Å². The second-order valence-electron chi connectivity index (χ2n) is 7.44. The van der Waals surface area contributed by atoms with Gasteiger partial charge in [0.1, 0.15) is 5.82 Å². The first-order valence-corrected chi connectivity index (χ1v) is 11.0. The highest BCUT2D eigenvalue weighted by Gasteiger charge is 2.30. The zero-order valence-electron chi connectivity index (χ0n) is 17.7. The van der Waals surface area contributed by atoms with E-state index in [1.807, 2.05) is 18.4 Å². The van der Waals surface area contributed by atoms with Crippen LogP contribution in [0.15, 0.2) is 29.9 Å². The lowest BCUT2D eigenvalue weighted by atomic mass is 10.1. The van der Waals surface area contributed by atoms with Crippen molar-refractivity contribution in [2.24, 2.45) is 0 Å². The summed E-state index contributed by atoms with van der Waals surface area (Å²) in [6.45, 7) is 3.30. The Hall–Kier alpha value is -3.18. The quantitative estimate of drug-likeness (QED) is 0.581. The van der Waals surface area contributed by atoms with Crippen molar-refractivity contribution < 1.29 is 18.7 Å². The first-order valence-electron chi connectivity index (χ1n) is 10.1. The van der Waals surface area contributed by atoms with Gasteiger partial charge in [0, 0.05) is 26.4 Å². The number of nitrogens with zero attached hydrogens (tertiary/aromatic N) is 5. The summed E-state index contributed by atoms with van der Waals surface area (Å²) in [6.07, 6.45) is 2.98. The van der Waals surface area contributed by atoms with E-state index in [0.29, 0.717) is 35.5 Å². The van der Waals surface area contributed by atoms with E-state index in [1.165, 1.54) is 17.4 Å². The van der Waals surface area contributed by atoms with E-state index in [9.17, 15) is 14.0 Å². The van der Waals surface area contributed by atoms with E-state index in [0.717, 1.165) is 6.20 Å². The van der Waals surface area contributed by atoms with Crippen molar-refractivity contribution in [1.29, 1.82) is 0 Å². The second-order valence-corrected chi connectivity index (χ2v) is 8.36. The molecule has 0 saturated carbocycles. The third kappa shape index (κ3) is 4.68. The van der Waals surface area contributed by atoms with Crippen LogP contribution in [-0.2, 0) is 9.53 Å². The number of rotatable bonds is 7. The molecule has 2 amide bonds. The number of aromatic nitrogens is 3. The zero-order chi connectivity index (χ0) is 22.7. The van der Waals surface area contributed by atoms with Crippen molar-refractivity contribution in [3.8, 4) is 0 Å². The summed E-state index contributed by atoms with van der Waals surface area (Å²) < 4.78 is 19.2. The van der Waals surface area contributed by atoms with Crippen LogP contribution in [0.5, 0.6) is 0 Å². The number of amides is 2. The van der Waals surface area contributed by atoms with Crippen LogP contribution in [-0.4, -0.2) is 70.0 Å². The van der Waals surface area contributed by atoms with E-state index in [2.05, 4.69) is 20.3 Å².